The number of fused-ring (bicyclic) bond motifs is 1. The summed E-state index contributed by atoms with van der Waals surface area (Å²) in [5, 5.41) is 2.81. The summed E-state index contributed by atoms with van der Waals surface area (Å²) in [4.78, 5) is 26.8. The van der Waals surface area contributed by atoms with E-state index in [-0.39, 0.29) is 16.7 Å². The van der Waals surface area contributed by atoms with Gasteiger partial charge in [-0.15, -0.1) is 0 Å². The number of ether oxygens (including phenoxy) is 1. The van der Waals surface area contributed by atoms with Crippen molar-refractivity contribution in [1.29, 1.82) is 0 Å². The highest BCUT2D eigenvalue weighted by atomic mass is 32.2. The molecule has 4 rings (SSSR count). The maximum Gasteiger partial charge on any atom is 0.242 e. The minimum absolute atomic E-state index is 0.0646. The number of para-hydroxylation sites is 1. The minimum atomic E-state index is -4.03. The Kier molecular flexibility index (Phi) is 7.94. The SMILES string of the molecule is CC(=O)N1CCc2c1cccc2S(=O)(=O)NC(CC(C)C)C(=O)Nc1ccc(Oc2ccccc2)cc1. The van der Waals surface area contributed by atoms with Crippen LogP contribution in [-0.2, 0) is 26.0 Å². The van der Waals surface area contributed by atoms with Crippen molar-refractivity contribution in [2.45, 2.75) is 44.6 Å². The lowest BCUT2D eigenvalue weighted by Crippen LogP contribution is -2.44. The average molecular weight is 522 g/mol. The summed E-state index contributed by atoms with van der Waals surface area (Å²) < 4.78 is 35.2. The number of hydrogen-bond acceptors (Lipinski definition) is 5. The molecule has 0 spiro atoms. The highest BCUT2D eigenvalue weighted by molar-refractivity contribution is 7.89. The molecule has 1 atom stereocenters. The second-order valence-corrected chi connectivity index (χ2v) is 11.1. The van der Waals surface area contributed by atoms with Crippen molar-refractivity contribution in [3.8, 4) is 11.5 Å². The number of amides is 2. The zero-order valence-corrected chi connectivity index (χ0v) is 21.9. The van der Waals surface area contributed by atoms with Gasteiger partial charge in [0.15, 0.2) is 0 Å². The highest BCUT2D eigenvalue weighted by Crippen LogP contribution is 2.33. The molecule has 194 valence electrons. The van der Waals surface area contributed by atoms with Crippen LogP contribution in [0, 0.1) is 5.92 Å². The smallest absolute Gasteiger partial charge is 0.242 e. The van der Waals surface area contributed by atoms with Gasteiger partial charge in [0.1, 0.15) is 17.5 Å². The number of nitrogens with zero attached hydrogens (tertiary/aromatic N) is 1. The zero-order chi connectivity index (χ0) is 26.6. The first kappa shape index (κ1) is 26.4. The van der Waals surface area contributed by atoms with E-state index < -0.39 is 22.0 Å². The van der Waals surface area contributed by atoms with Crippen molar-refractivity contribution in [3.05, 3.63) is 78.4 Å². The summed E-state index contributed by atoms with van der Waals surface area (Å²) in [6.45, 7) is 5.74. The van der Waals surface area contributed by atoms with Crippen molar-refractivity contribution in [2.75, 3.05) is 16.8 Å². The van der Waals surface area contributed by atoms with E-state index in [1.165, 1.54) is 13.0 Å². The largest absolute Gasteiger partial charge is 0.457 e. The Bertz CT molecular complexity index is 1370. The molecule has 1 heterocycles. The van der Waals surface area contributed by atoms with Crippen LogP contribution in [0.25, 0.3) is 0 Å². The van der Waals surface area contributed by atoms with Crippen LogP contribution in [0.15, 0.2) is 77.7 Å². The molecule has 0 aliphatic carbocycles. The standard InChI is InChI=1S/C28H31N3O5S/c1-19(2)18-25(28(33)29-21-12-14-23(15-13-21)36-22-8-5-4-6-9-22)30-37(34,35)27-11-7-10-26-24(27)16-17-31(26)20(3)32/h4-15,19,25,30H,16-18H2,1-3H3,(H,29,33). The zero-order valence-electron chi connectivity index (χ0n) is 21.1. The van der Waals surface area contributed by atoms with Gasteiger partial charge < -0.3 is 15.0 Å². The highest BCUT2D eigenvalue weighted by Gasteiger charge is 2.32. The van der Waals surface area contributed by atoms with Crippen molar-refractivity contribution in [1.82, 2.24) is 4.72 Å². The molecule has 0 radical (unpaired) electrons. The van der Waals surface area contributed by atoms with E-state index >= 15 is 0 Å². The van der Waals surface area contributed by atoms with Gasteiger partial charge in [-0.1, -0.05) is 38.1 Å². The normalized spacial score (nSPS) is 13.8. The molecule has 3 aromatic rings. The van der Waals surface area contributed by atoms with Gasteiger partial charge >= 0.3 is 0 Å². The Labute approximate surface area is 217 Å². The lowest BCUT2D eigenvalue weighted by Gasteiger charge is -2.21. The van der Waals surface area contributed by atoms with E-state index in [9.17, 15) is 18.0 Å². The molecule has 1 aliphatic rings. The molecule has 2 N–H and O–H groups in total. The van der Waals surface area contributed by atoms with Crippen molar-refractivity contribution in [2.24, 2.45) is 5.92 Å². The van der Waals surface area contributed by atoms with Gasteiger partial charge in [0.05, 0.1) is 4.90 Å². The molecule has 1 unspecified atom stereocenters. The molecular weight excluding hydrogens is 490 g/mol. The Morgan fingerprint density at radius 2 is 1.62 bits per heavy atom. The topological polar surface area (TPSA) is 105 Å². The Hall–Kier alpha value is -3.69. The maximum atomic E-state index is 13.4. The molecule has 9 heteroatoms. The third kappa shape index (κ3) is 6.36. The number of anilines is 2. The van der Waals surface area contributed by atoms with Gasteiger partial charge in [0.25, 0.3) is 0 Å². The Balaban J connectivity index is 1.50. The van der Waals surface area contributed by atoms with Crippen LogP contribution in [0.4, 0.5) is 11.4 Å². The number of carbonyl (C=O) groups excluding carboxylic acids is 2. The summed E-state index contributed by atoms with van der Waals surface area (Å²) in [6.07, 6.45) is 0.749. The van der Waals surface area contributed by atoms with Crippen LogP contribution in [0.5, 0.6) is 11.5 Å². The number of nitrogens with one attached hydrogen (secondary N) is 2. The molecule has 0 aromatic heterocycles. The third-order valence-electron chi connectivity index (χ3n) is 6.08. The van der Waals surface area contributed by atoms with Crippen LogP contribution in [0.2, 0.25) is 0 Å². The lowest BCUT2D eigenvalue weighted by molar-refractivity contribution is -0.118. The maximum absolute atomic E-state index is 13.4. The molecule has 37 heavy (non-hydrogen) atoms. The van der Waals surface area contributed by atoms with Crippen LogP contribution in [0.3, 0.4) is 0 Å². The van der Waals surface area contributed by atoms with E-state index in [2.05, 4.69) is 10.0 Å². The molecule has 8 nitrogen and oxygen atoms in total. The molecule has 0 fully saturated rings. The number of hydrogen-bond donors (Lipinski definition) is 2. The van der Waals surface area contributed by atoms with E-state index in [4.69, 9.17) is 4.74 Å². The summed E-state index contributed by atoms with van der Waals surface area (Å²) >= 11 is 0. The van der Waals surface area contributed by atoms with Crippen molar-refractivity contribution in [3.63, 3.8) is 0 Å². The van der Waals surface area contributed by atoms with Crippen LogP contribution in [-0.4, -0.2) is 32.8 Å². The van der Waals surface area contributed by atoms with Crippen LogP contribution < -0.4 is 19.7 Å². The van der Waals surface area contributed by atoms with Crippen molar-refractivity contribution < 1.29 is 22.7 Å². The van der Waals surface area contributed by atoms with Gasteiger partial charge in [-0.25, -0.2) is 8.42 Å². The summed E-state index contributed by atoms with van der Waals surface area (Å²) in [6, 6.07) is 20.1. The monoisotopic (exact) mass is 521 g/mol. The van der Waals surface area contributed by atoms with E-state index in [0.717, 1.165) is 0 Å². The molecule has 0 bridgehead atoms. The van der Waals surface area contributed by atoms with Crippen LogP contribution >= 0.6 is 0 Å². The third-order valence-corrected chi connectivity index (χ3v) is 7.63. The average Bonchev–Trinajstić information content (AvgIpc) is 3.30. The second kappa shape index (κ2) is 11.1. The predicted molar refractivity (Wildman–Crippen MR) is 143 cm³/mol. The summed E-state index contributed by atoms with van der Waals surface area (Å²) in [7, 11) is -4.03. The lowest BCUT2D eigenvalue weighted by atomic mass is 10.0. The van der Waals surface area contributed by atoms with Gasteiger partial charge in [-0.05, 0) is 72.9 Å². The molecule has 0 saturated heterocycles. The fourth-order valence-electron chi connectivity index (χ4n) is 4.37. The number of benzene rings is 3. The van der Waals surface area contributed by atoms with Crippen molar-refractivity contribution >= 4 is 33.2 Å². The van der Waals surface area contributed by atoms with E-state index in [0.29, 0.717) is 47.8 Å². The number of carbonyl (C=O) groups is 2. The minimum Gasteiger partial charge on any atom is -0.457 e. The first-order valence-corrected chi connectivity index (χ1v) is 13.7. The molecule has 2 amide bonds. The predicted octanol–water partition coefficient (Wildman–Crippen LogP) is 4.72. The van der Waals surface area contributed by atoms with Gasteiger partial charge in [-0.3, -0.25) is 9.59 Å². The first-order chi connectivity index (χ1) is 17.6. The first-order valence-electron chi connectivity index (χ1n) is 12.2. The van der Waals surface area contributed by atoms with Crippen LogP contribution in [0.1, 0.15) is 32.8 Å². The van der Waals surface area contributed by atoms with E-state index in [1.807, 2.05) is 44.2 Å². The fourth-order valence-corrected chi connectivity index (χ4v) is 5.87. The molecule has 0 saturated carbocycles. The van der Waals surface area contributed by atoms with Gasteiger partial charge in [0.2, 0.25) is 21.8 Å². The number of sulfonamides is 1. The quantitative estimate of drug-likeness (QED) is 0.424. The molecule has 1 aliphatic heterocycles. The molecule has 3 aromatic carbocycles. The second-order valence-electron chi connectivity index (χ2n) is 9.41. The Morgan fingerprint density at radius 3 is 2.27 bits per heavy atom. The van der Waals surface area contributed by atoms with Gasteiger partial charge in [0, 0.05) is 24.8 Å². The van der Waals surface area contributed by atoms with Gasteiger partial charge in [-0.2, -0.15) is 4.72 Å². The number of rotatable bonds is 9. The van der Waals surface area contributed by atoms with E-state index in [1.54, 1.807) is 41.3 Å². The fraction of sp³-hybridized carbons (Fsp3) is 0.286. The Morgan fingerprint density at radius 1 is 0.946 bits per heavy atom. The summed E-state index contributed by atoms with van der Waals surface area (Å²) in [5.41, 5.74) is 1.71. The molecular formula is C28H31N3O5S. The summed E-state index contributed by atoms with van der Waals surface area (Å²) in [5.74, 6) is 0.783.